The van der Waals surface area contributed by atoms with E-state index in [1.165, 1.54) is 15.5 Å². The van der Waals surface area contributed by atoms with Crippen LogP contribution < -0.4 is 5.32 Å². The lowest BCUT2D eigenvalue weighted by molar-refractivity contribution is 0.768. The molecule has 1 N–H and O–H groups in total. The first-order valence-corrected chi connectivity index (χ1v) is 9.28. The highest BCUT2D eigenvalue weighted by molar-refractivity contribution is 7.17. The smallest absolute Gasteiger partial charge is 0.105 e. The maximum atomic E-state index is 4.89. The first-order chi connectivity index (χ1) is 12.8. The molecule has 5 rings (SSSR count). The van der Waals surface area contributed by atoms with E-state index in [0.29, 0.717) is 0 Å². The van der Waals surface area contributed by atoms with Crippen molar-refractivity contribution in [3.8, 4) is 11.3 Å². The second-order valence-corrected chi connectivity index (χ2v) is 7.16. The molecule has 0 unspecified atom stereocenters. The Labute approximate surface area is 154 Å². The van der Waals surface area contributed by atoms with Gasteiger partial charge in [0, 0.05) is 35.3 Å². The van der Waals surface area contributed by atoms with Crippen molar-refractivity contribution in [2.45, 2.75) is 0 Å². The monoisotopic (exact) mass is 356 g/mol. The Balaban J connectivity index is 1.60. The lowest BCUT2D eigenvalue weighted by atomic mass is 10.1. The summed E-state index contributed by atoms with van der Waals surface area (Å²) in [7, 11) is 1.92. The van der Waals surface area contributed by atoms with E-state index in [1.54, 1.807) is 16.0 Å². The number of nitrogens with zero attached hydrogens (tertiary/aromatic N) is 3. The second kappa shape index (κ2) is 5.97. The highest BCUT2D eigenvalue weighted by Gasteiger charge is 2.10. The van der Waals surface area contributed by atoms with E-state index in [2.05, 4.69) is 70.4 Å². The zero-order valence-electron chi connectivity index (χ0n) is 14.2. The van der Waals surface area contributed by atoms with Gasteiger partial charge < -0.3 is 5.32 Å². The number of anilines is 2. The number of fused-ring (bicyclic) bond motifs is 2. The van der Waals surface area contributed by atoms with E-state index in [0.717, 1.165) is 28.1 Å². The van der Waals surface area contributed by atoms with Gasteiger partial charge in [-0.3, -0.25) is 4.68 Å². The molecule has 0 saturated carbocycles. The Morgan fingerprint density at radius 1 is 0.962 bits per heavy atom. The number of hydrogen-bond acceptors (Lipinski definition) is 4. The van der Waals surface area contributed by atoms with Gasteiger partial charge in [-0.2, -0.15) is 5.10 Å². The molecule has 3 aromatic heterocycles. The van der Waals surface area contributed by atoms with E-state index in [4.69, 9.17) is 4.98 Å². The molecule has 3 heterocycles. The van der Waals surface area contributed by atoms with Crippen molar-refractivity contribution < 1.29 is 0 Å². The van der Waals surface area contributed by atoms with Crippen LogP contribution in [-0.4, -0.2) is 14.8 Å². The van der Waals surface area contributed by atoms with Crippen molar-refractivity contribution in [3.05, 3.63) is 72.4 Å². The molecule has 0 fully saturated rings. The number of benzene rings is 2. The third kappa shape index (κ3) is 2.53. The van der Waals surface area contributed by atoms with E-state index in [1.807, 2.05) is 19.4 Å². The van der Waals surface area contributed by atoms with Crippen molar-refractivity contribution >= 4 is 43.7 Å². The lowest BCUT2D eigenvalue weighted by Crippen LogP contribution is -1.92. The summed E-state index contributed by atoms with van der Waals surface area (Å²) in [5.74, 6) is 0. The van der Waals surface area contributed by atoms with Crippen LogP contribution in [0.5, 0.6) is 0 Å². The first-order valence-electron chi connectivity index (χ1n) is 8.40. The molecule has 0 aliphatic rings. The average molecular weight is 356 g/mol. The van der Waals surface area contributed by atoms with Crippen LogP contribution in [0.4, 0.5) is 11.4 Å². The van der Waals surface area contributed by atoms with Crippen LogP contribution in [0.2, 0.25) is 0 Å². The van der Waals surface area contributed by atoms with Crippen LogP contribution >= 0.6 is 11.3 Å². The molecule has 0 bridgehead atoms. The van der Waals surface area contributed by atoms with E-state index in [-0.39, 0.29) is 0 Å². The standard InChI is InChI=1S/C21H16N4S/c1-25-12-15(11-22-25)17-9-10-20-21(24-17)19(13-26-20)23-18-8-4-6-14-5-2-3-7-16(14)18/h2-13,23H,1H3. The third-order valence-electron chi connectivity index (χ3n) is 4.48. The molecule has 0 aliphatic heterocycles. The normalized spacial score (nSPS) is 11.3. The predicted octanol–water partition coefficient (Wildman–Crippen LogP) is 5.59. The molecule has 0 amide bonds. The van der Waals surface area contributed by atoms with E-state index < -0.39 is 0 Å². The molecule has 26 heavy (non-hydrogen) atoms. The van der Waals surface area contributed by atoms with E-state index >= 15 is 0 Å². The Morgan fingerprint density at radius 3 is 2.73 bits per heavy atom. The topological polar surface area (TPSA) is 42.7 Å². The molecule has 4 nitrogen and oxygen atoms in total. The molecule has 126 valence electrons. The third-order valence-corrected chi connectivity index (χ3v) is 5.41. The summed E-state index contributed by atoms with van der Waals surface area (Å²) in [6, 6.07) is 18.9. The quantitative estimate of drug-likeness (QED) is 0.458. The molecule has 0 atom stereocenters. The van der Waals surface area contributed by atoms with Crippen LogP contribution in [-0.2, 0) is 7.05 Å². The largest absolute Gasteiger partial charge is 0.353 e. The Kier molecular flexibility index (Phi) is 3.47. The van der Waals surface area contributed by atoms with Gasteiger partial charge in [0.15, 0.2) is 0 Å². The van der Waals surface area contributed by atoms with Crippen molar-refractivity contribution in [1.82, 2.24) is 14.8 Å². The zero-order chi connectivity index (χ0) is 17.5. The average Bonchev–Trinajstić information content (AvgIpc) is 3.28. The summed E-state index contributed by atoms with van der Waals surface area (Å²) in [5, 5.41) is 12.4. The van der Waals surface area contributed by atoms with Crippen LogP contribution in [0, 0.1) is 0 Å². The van der Waals surface area contributed by atoms with Gasteiger partial charge in [-0.05, 0) is 23.6 Å². The number of aryl methyl sites for hydroxylation is 1. The van der Waals surface area contributed by atoms with Gasteiger partial charge in [0.2, 0.25) is 0 Å². The van der Waals surface area contributed by atoms with Gasteiger partial charge in [0.05, 0.1) is 22.3 Å². The van der Waals surface area contributed by atoms with Crippen molar-refractivity contribution in [2.24, 2.45) is 7.05 Å². The summed E-state index contributed by atoms with van der Waals surface area (Å²) < 4.78 is 2.96. The summed E-state index contributed by atoms with van der Waals surface area (Å²) in [5.41, 5.74) is 5.08. The minimum Gasteiger partial charge on any atom is -0.353 e. The molecule has 5 aromatic rings. The maximum Gasteiger partial charge on any atom is 0.105 e. The van der Waals surface area contributed by atoms with Gasteiger partial charge >= 0.3 is 0 Å². The van der Waals surface area contributed by atoms with Gasteiger partial charge in [-0.1, -0.05) is 36.4 Å². The molecule has 0 aliphatic carbocycles. The molecule has 0 spiro atoms. The number of nitrogens with one attached hydrogen (secondary N) is 1. The SMILES string of the molecule is Cn1cc(-c2ccc3scc(Nc4cccc5ccccc45)c3n2)cn1. The molecule has 0 radical (unpaired) electrons. The zero-order valence-corrected chi connectivity index (χ0v) is 15.0. The Hall–Kier alpha value is -3.18. The fourth-order valence-electron chi connectivity index (χ4n) is 3.20. The summed E-state index contributed by atoms with van der Waals surface area (Å²) in [4.78, 5) is 4.89. The van der Waals surface area contributed by atoms with E-state index in [9.17, 15) is 0 Å². The van der Waals surface area contributed by atoms with Crippen molar-refractivity contribution in [3.63, 3.8) is 0 Å². The summed E-state index contributed by atoms with van der Waals surface area (Å²) in [6.07, 6.45) is 3.83. The number of hydrogen-bond donors (Lipinski definition) is 1. The lowest BCUT2D eigenvalue weighted by Gasteiger charge is -2.09. The number of thiophene rings is 1. The van der Waals surface area contributed by atoms with Gasteiger partial charge in [0.1, 0.15) is 5.52 Å². The molecule has 0 saturated heterocycles. The minimum atomic E-state index is 0.935. The Morgan fingerprint density at radius 2 is 1.85 bits per heavy atom. The predicted molar refractivity (Wildman–Crippen MR) is 109 cm³/mol. The molecular formula is C21H16N4S. The highest BCUT2D eigenvalue weighted by Crippen LogP contribution is 2.34. The fourth-order valence-corrected chi connectivity index (χ4v) is 4.02. The Bertz CT molecular complexity index is 1230. The summed E-state index contributed by atoms with van der Waals surface area (Å²) in [6.45, 7) is 0. The molecule has 5 heteroatoms. The van der Waals surface area contributed by atoms with Crippen LogP contribution in [0.15, 0.2) is 72.4 Å². The van der Waals surface area contributed by atoms with Crippen molar-refractivity contribution in [1.29, 1.82) is 0 Å². The summed E-state index contributed by atoms with van der Waals surface area (Å²) >= 11 is 1.70. The number of aromatic nitrogens is 3. The van der Waals surface area contributed by atoms with Crippen LogP contribution in [0.25, 0.3) is 32.2 Å². The van der Waals surface area contributed by atoms with Gasteiger partial charge in [-0.25, -0.2) is 4.98 Å². The fraction of sp³-hybridized carbons (Fsp3) is 0.0476. The first kappa shape index (κ1) is 15.1. The highest BCUT2D eigenvalue weighted by atomic mass is 32.1. The minimum absolute atomic E-state index is 0.935. The molecular weight excluding hydrogens is 340 g/mol. The number of rotatable bonds is 3. The molecule has 2 aromatic carbocycles. The maximum absolute atomic E-state index is 4.89. The van der Waals surface area contributed by atoms with Gasteiger partial charge in [0.25, 0.3) is 0 Å². The second-order valence-electron chi connectivity index (χ2n) is 6.25. The van der Waals surface area contributed by atoms with Crippen molar-refractivity contribution in [2.75, 3.05) is 5.32 Å². The van der Waals surface area contributed by atoms with Crippen LogP contribution in [0.3, 0.4) is 0 Å². The van der Waals surface area contributed by atoms with Gasteiger partial charge in [-0.15, -0.1) is 11.3 Å². The van der Waals surface area contributed by atoms with Crippen LogP contribution in [0.1, 0.15) is 0 Å². The number of pyridine rings is 1.